The van der Waals surface area contributed by atoms with E-state index in [0.29, 0.717) is 16.7 Å². The van der Waals surface area contributed by atoms with E-state index in [-0.39, 0.29) is 5.75 Å². The first-order valence-electron chi connectivity index (χ1n) is 6.90. The van der Waals surface area contributed by atoms with Gasteiger partial charge in [0.1, 0.15) is 0 Å². The van der Waals surface area contributed by atoms with Crippen molar-refractivity contribution in [1.82, 2.24) is 4.90 Å². The molecule has 0 spiro atoms. The summed E-state index contributed by atoms with van der Waals surface area (Å²) in [6.07, 6.45) is 2.33. The highest BCUT2D eigenvalue weighted by Gasteiger charge is 2.19. The molecule has 0 radical (unpaired) electrons. The highest BCUT2D eigenvalue weighted by molar-refractivity contribution is 6.32. The van der Waals surface area contributed by atoms with Gasteiger partial charge in [-0.05, 0) is 49.5 Å². The van der Waals surface area contributed by atoms with Crippen LogP contribution in [0.1, 0.15) is 18.4 Å². The number of rotatable bonds is 5. The standard InChI is InChI=1S/C15H22ClNO3/c1-19-10-11-3-5-17(6-4-11)9-12-7-13(16)15(18)14(8-12)20-2/h7-8,11,18H,3-6,9-10H2,1-2H3. The molecule has 0 bridgehead atoms. The summed E-state index contributed by atoms with van der Waals surface area (Å²) in [6, 6.07) is 3.66. The molecule has 0 unspecified atom stereocenters. The molecule has 1 fully saturated rings. The molecule has 0 amide bonds. The van der Waals surface area contributed by atoms with Crippen LogP contribution in [0.5, 0.6) is 11.5 Å². The van der Waals surface area contributed by atoms with E-state index in [1.165, 1.54) is 7.11 Å². The quantitative estimate of drug-likeness (QED) is 0.908. The third-order valence-electron chi connectivity index (χ3n) is 3.82. The molecule has 0 aliphatic carbocycles. The third kappa shape index (κ3) is 3.78. The normalized spacial score (nSPS) is 17.4. The van der Waals surface area contributed by atoms with Gasteiger partial charge in [-0.1, -0.05) is 11.6 Å². The lowest BCUT2D eigenvalue weighted by Crippen LogP contribution is -2.34. The summed E-state index contributed by atoms with van der Waals surface area (Å²) in [7, 11) is 3.29. The first-order chi connectivity index (χ1) is 9.63. The molecule has 1 aliphatic rings. The van der Waals surface area contributed by atoms with Gasteiger partial charge in [0, 0.05) is 20.3 Å². The van der Waals surface area contributed by atoms with Crippen LogP contribution in [0.25, 0.3) is 0 Å². The Hall–Kier alpha value is -0.970. The second kappa shape index (κ2) is 7.16. The van der Waals surface area contributed by atoms with E-state index in [2.05, 4.69) is 4.90 Å². The maximum atomic E-state index is 9.74. The van der Waals surface area contributed by atoms with Crippen molar-refractivity contribution in [2.24, 2.45) is 5.92 Å². The minimum absolute atomic E-state index is 0.0109. The summed E-state index contributed by atoms with van der Waals surface area (Å²) in [4.78, 5) is 2.40. The summed E-state index contributed by atoms with van der Waals surface area (Å²) in [5, 5.41) is 10.1. The first kappa shape index (κ1) is 15.4. The molecule has 112 valence electrons. The van der Waals surface area contributed by atoms with E-state index in [1.54, 1.807) is 13.2 Å². The molecule has 1 aromatic carbocycles. The summed E-state index contributed by atoms with van der Waals surface area (Å²) in [5.74, 6) is 1.12. The van der Waals surface area contributed by atoms with Crippen LogP contribution >= 0.6 is 11.6 Å². The van der Waals surface area contributed by atoms with Crippen molar-refractivity contribution in [3.05, 3.63) is 22.7 Å². The van der Waals surface area contributed by atoms with Gasteiger partial charge in [-0.25, -0.2) is 0 Å². The Labute approximate surface area is 125 Å². The third-order valence-corrected chi connectivity index (χ3v) is 4.11. The van der Waals surface area contributed by atoms with Crippen LogP contribution in [-0.4, -0.2) is 43.9 Å². The fraction of sp³-hybridized carbons (Fsp3) is 0.600. The van der Waals surface area contributed by atoms with Gasteiger partial charge in [0.25, 0.3) is 0 Å². The van der Waals surface area contributed by atoms with Gasteiger partial charge < -0.3 is 14.6 Å². The maximum absolute atomic E-state index is 9.74. The minimum atomic E-state index is 0.0109. The van der Waals surface area contributed by atoms with E-state index in [4.69, 9.17) is 21.1 Å². The minimum Gasteiger partial charge on any atom is -0.503 e. The largest absolute Gasteiger partial charge is 0.503 e. The van der Waals surface area contributed by atoms with Gasteiger partial charge in [-0.3, -0.25) is 4.90 Å². The first-order valence-corrected chi connectivity index (χ1v) is 7.28. The summed E-state index contributed by atoms with van der Waals surface area (Å²) < 4.78 is 10.3. The monoisotopic (exact) mass is 299 g/mol. The van der Waals surface area contributed by atoms with E-state index in [0.717, 1.165) is 44.6 Å². The number of nitrogens with zero attached hydrogens (tertiary/aromatic N) is 1. The van der Waals surface area contributed by atoms with Gasteiger partial charge in [0.2, 0.25) is 0 Å². The number of phenols is 1. The number of methoxy groups -OCH3 is 2. The van der Waals surface area contributed by atoms with Crippen LogP contribution in [0.4, 0.5) is 0 Å². The molecule has 1 saturated heterocycles. The Morgan fingerprint density at radius 1 is 1.30 bits per heavy atom. The topological polar surface area (TPSA) is 41.9 Å². The average Bonchev–Trinajstić information content (AvgIpc) is 2.45. The summed E-state index contributed by atoms with van der Waals surface area (Å²) in [5.41, 5.74) is 1.06. The predicted molar refractivity (Wildman–Crippen MR) is 79.5 cm³/mol. The van der Waals surface area contributed by atoms with Crippen LogP contribution in [0, 0.1) is 5.92 Å². The zero-order chi connectivity index (χ0) is 14.5. The molecule has 1 aromatic rings. The van der Waals surface area contributed by atoms with Crippen LogP contribution in [0.3, 0.4) is 0 Å². The van der Waals surface area contributed by atoms with Gasteiger partial charge >= 0.3 is 0 Å². The highest BCUT2D eigenvalue weighted by atomic mass is 35.5. The lowest BCUT2D eigenvalue weighted by Gasteiger charge is -2.31. The van der Waals surface area contributed by atoms with E-state index < -0.39 is 0 Å². The number of phenolic OH excluding ortho intramolecular Hbond substituents is 1. The SMILES string of the molecule is COCC1CCN(Cc2cc(Cl)c(O)c(OC)c2)CC1. The highest BCUT2D eigenvalue weighted by Crippen LogP contribution is 2.35. The van der Waals surface area contributed by atoms with Gasteiger partial charge in [0.05, 0.1) is 12.1 Å². The molecular weight excluding hydrogens is 278 g/mol. The second-order valence-electron chi connectivity index (χ2n) is 5.30. The lowest BCUT2D eigenvalue weighted by atomic mass is 9.97. The molecule has 1 heterocycles. The van der Waals surface area contributed by atoms with Crippen molar-refractivity contribution in [2.75, 3.05) is 33.9 Å². The van der Waals surface area contributed by atoms with Crippen molar-refractivity contribution < 1.29 is 14.6 Å². The number of halogens is 1. The Balaban J connectivity index is 1.96. The molecule has 0 aromatic heterocycles. The fourth-order valence-electron chi connectivity index (χ4n) is 2.68. The number of aromatic hydroxyl groups is 1. The van der Waals surface area contributed by atoms with Crippen molar-refractivity contribution in [2.45, 2.75) is 19.4 Å². The molecule has 0 atom stereocenters. The number of hydrogen-bond acceptors (Lipinski definition) is 4. The second-order valence-corrected chi connectivity index (χ2v) is 5.71. The van der Waals surface area contributed by atoms with Gasteiger partial charge in [-0.15, -0.1) is 0 Å². The molecule has 0 saturated carbocycles. The van der Waals surface area contributed by atoms with Gasteiger partial charge in [0.15, 0.2) is 11.5 Å². The van der Waals surface area contributed by atoms with E-state index in [1.807, 2.05) is 6.07 Å². The summed E-state index contributed by atoms with van der Waals surface area (Å²) in [6.45, 7) is 3.81. The van der Waals surface area contributed by atoms with Crippen LogP contribution in [0.2, 0.25) is 5.02 Å². The molecular formula is C15H22ClNO3. The summed E-state index contributed by atoms with van der Waals surface area (Å²) >= 11 is 6.01. The zero-order valence-corrected chi connectivity index (χ0v) is 12.8. The maximum Gasteiger partial charge on any atom is 0.176 e. The van der Waals surface area contributed by atoms with Crippen molar-refractivity contribution in [3.63, 3.8) is 0 Å². The van der Waals surface area contributed by atoms with Crippen molar-refractivity contribution in [3.8, 4) is 11.5 Å². The van der Waals surface area contributed by atoms with Crippen LogP contribution in [0.15, 0.2) is 12.1 Å². The molecule has 4 nitrogen and oxygen atoms in total. The molecule has 20 heavy (non-hydrogen) atoms. The van der Waals surface area contributed by atoms with Crippen LogP contribution in [-0.2, 0) is 11.3 Å². The lowest BCUT2D eigenvalue weighted by molar-refractivity contribution is 0.0968. The van der Waals surface area contributed by atoms with E-state index >= 15 is 0 Å². The fourth-order valence-corrected chi connectivity index (χ4v) is 2.91. The molecule has 1 aliphatic heterocycles. The Kier molecular flexibility index (Phi) is 5.52. The number of ether oxygens (including phenoxy) is 2. The number of piperidine rings is 1. The Bertz CT molecular complexity index is 445. The van der Waals surface area contributed by atoms with Crippen LogP contribution < -0.4 is 4.74 Å². The predicted octanol–water partition coefficient (Wildman–Crippen LogP) is 2.91. The molecule has 2 rings (SSSR count). The number of hydrogen-bond donors (Lipinski definition) is 1. The van der Waals surface area contributed by atoms with E-state index in [9.17, 15) is 5.11 Å². The van der Waals surface area contributed by atoms with Crippen molar-refractivity contribution >= 4 is 11.6 Å². The number of benzene rings is 1. The zero-order valence-electron chi connectivity index (χ0n) is 12.1. The average molecular weight is 300 g/mol. The molecule has 5 heteroatoms. The van der Waals surface area contributed by atoms with Crippen molar-refractivity contribution in [1.29, 1.82) is 0 Å². The molecule has 1 N–H and O–H groups in total. The van der Waals surface area contributed by atoms with Gasteiger partial charge in [-0.2, -0.15) is 0 Å². The Morgan fingerprint density at radius 3 is 2.60 bits per heavy atom. The Morgan fingerprint density at radius 2 is 2.00 bits per heavy atom. The number of likely N-dealkylation sites (tertiary alicyclic amines) is 1. The smallest absolute Gasteiger partial charge is 0.176 e.